The Balaban J connectivity index is 1.77. The van der Waals surface area contributed by atoms with Crippen LogP contribution in [0.1, 0.15) is 116 Å². The van der Waals surface area contributed by atoms with Crippen LogP contribution < -0.4 is 0 Å². The van der Waals surface area contributed by atoms with Crippen LogP contribution in [0.5, 0.6) is 0 Å². The van der Waals surface area contributed by atoms with Crippen molar-refractivity contribution < 1.29 is 24.8 Å². The van der Waals surface area contributed by atoms with Gasteiger partial charge in [-0.15, -0.1) is 0 Å². The summed E-state index contributed by atoms with van der Waals surface area (Å²) in [5, 5.41) is 28.6. The number of aliphatic hydroxyl groups excluding tert-OH is 3. The average molecular weight is 431 g/mol. The van der Waals surface area contributed by atoms with Crippen LogP contribution in [0.15, 0.2) is 0 Å². The van der Waals surface area contributed by atoms with Crippen LogP contribution in [0.25, 0.3) is 0 Å². The van der Waals surface area contributed by atoms with Gasteiger partial charge in [0.05, 0.1) is 13.2 Å². The van der Waals surface area contributed by atoms with Gasteiger partial charge >= 0.3 is 0 Å². The van der Waals surface area contributed by atoms with E-state index in [9.17, 15) is 10.2 Å². The van der Waals surface area contributed by atoms with Crippen LogP contribution in [-0.2, 0) is 9.47 Å². The first-order valence-electron chi connectivity index (χ1n) is 12.9. The second kappa shape index (κ2) is 19.5. The summed E-state index contributed by atoms with van der Waals surface area (Å²) in [6.07, 6.45) is 19.9. The highest BCUT2D eigenvalue weighted by molar-refractivity contribution is 4.88. The van der Waals surface area contributed by atoms with Crippen molar-refractivity contribution in [2.45, 2.75) is 140 Å². The van der Waals surface area contributed by atoms with Gasteiger partial charge in [-0.05, 0) is 6.42 Å². The highest BCUT2D eigenvalue weighted by Gasteiger charge is 2.40. The molecule has 5 heteroatoms. The van der Waals surface area contributed by atoms with Crippen molar-refractivity contribution in [1.82, 2.24) is 0 Å². The zero-order valence-electron chi connectivity index (χ0n) is 19.6. The number of hydrogen-bond donors (Lipinski definition) is 3. The molecular formula is C25H50O5. The third-order valence-corrected chi connectivity index (χ3v) is 6.32. The maximum atomic E-state index is 10.1. The summed E-state index contributed by atoms with van der Waals surface area (Å²) in [7, 11) is 0. The Morgan fingerprint density at radius 3 is 1.63 bits per heavy atom. The monoisotopic (exact) mass is 430 g/mol. The lowest BCUT2D eigenvalue weighted by molar-refractivity contribution is -0.0730. The third-order valence-electron chi connectivity index (χ3n) is 6.32. The van der Waals surface area contributed by atoms with Crippen molar-refractivity contribution in [3.8, 4) is 0 Å². The summed E-state index contributed by atoms with van der Waals surface area (Å²) in [6, 6.07) is 0. The molecule has 180 valence electrons. The Morgan fingerprint density at radius 2 is 1.20 bits per heavy atom. The molecule has 30 heavy (non-hydrogen) atoms. The Kier molecular flexibility index (Phi) is 18.1. The van der Waals surface area contributed by atoms with Crippen molar-refractivity contribution in [2.24, 2.45) is 0 Å². The van der Waals surface area contributed by atoms with E-state index in [-0.39, 0.29) is 6.61 Å². The lowest BCUT2D eigenvalue weighted by Gasteiger charge is -2.20. The minimum Gasteiger partial charge on any atom is -0.394 e. The molecule has 1 aliphatic heterocycles. The average Bonchev–Trinajstić information content (AvgIpc) is 3.12. The molecule has 4 atom stereocenters. The van der Waals surface area contributed by atoms with E-state index in [1.807, 2.05) is 0 Å². The van der Waals surface area contributed by atoms with Crippen molar-refractivity contribution in [1.29, 1.82) is 0 Å². The van der Waals surface area contributed by atoms with Gasteiger partial charge in [-0.3, -0.25) is 0 Å². The highest BCUT2D eigenvalue weighted by atomic mass is 16.6. The SMILES string of the molecule is CCCCCCCCCCCCCCCCCCCO[C@H]1CO[C@H]([C@H](O)CO)[C@@H]1O. The molecule has 0 unspecified atom stereocenters. The van der Waals surface area contributed by atoms with E-state index in [0.717, 1.165) is 12.8 Å². The number of unbranched alkanes of at least 4 members (excludes halogenated alkanes) is 16. The maximum Gasteiger partial charge on any atom is 0.114 e. The summed E-state index contributed by atoms with van der Waals surface area (Å²) in [4.78, 5) is 0. The van der Waals surface area contributed by atoms with Gasteiger partial charge in [-0.2, -0.15) is 0 Å². The molecule has 0 saturated carbocycles. The zero-order chi connectivity index (χ0) is 21.9. The molecule has 0 aromatic carbocycles. The molecule has 3 N–H and O–H groups in total. The molecule has 1 aliphatic rings. The molecular weight excluding hydrogens is 380 g/mol. The molecule has 5 nitrogen and oxygen atoms in total. The van der Waals surface area contributed by atoms with Gasteiger partial charge in [-0.25, -0.2) is 0 Å². The molecule has 0 aliphatic carbocycles. The first kappa shape index (κ1) is 27.8. The van der Waals surface area contributed by atoms with E-state index in [4.69, 9.17) is 14.6 Å². The van der Waals surface area contributed by atoms with Crippen LogP contribution >= 0.6 is 0 Å². The summed E-state index contributed by atoms with van der Waals surface area (Å²) >= 11 is 0. The Labute approximate surface area is 185 Å². The van der Waals surface area contributed by atoms with Crippen molar-refractivity contribution in [2.75, 3.05) is 19.8 Å². The van der Waals surface area contributed by atoms with E-state index in [1.54, 1.807) is 0 Å². The lowest BCUT2D eigenvalue weighted by Crippen LogP contribution is -2.41. The van der Waals surface area contributed by atoms with Gasteiger partial charge in [0.1, 0.15) is 24.4 Å². The number of rotatable bonds is 21. The minimum absolute atomic E-state index is 0.280. The fourth-order valence-corrected chi connectivity index (χ4v) is 4.27. The quantitative estimate of drug-likeness (QED) is 0.220. The van der Waals surface area contributed by atoms with E-state index < -0.39 is 31.0 Å². The van der Waals surface area contributed by atoms with Crippen LogP contribution in [0, 0.1) is 0 Å². The van der Waals surface area contributed by atoms with Gasteiger partial charge in [0.2, 0.25) is 0 Å². The summed E-state index contributed by atoms with van der Waals surface area (Å²) in [5.74, 6) is 0. The van der Waals surface area contributed by atoms with Gasteiger partial charge < -0.3 is 24.8 Å². The number of ether oxygens (including phenoxy) is 2. The maximum absolute atomic E-state index is 10.1. The second-order valence-corrected chi connectivity index (χ2v) is 9.10. The molecule has 1 rings (SSSR count). The Morgan fingerprint density at radius 1 is 0.767 bits per heavy atom. The number of hydrogen-bond acceptors (Lipinski definition) is 5. The topological polar surface area (TPSA) is 79.2 Å². The number of aliphatic hydroxyl groups is 3. The molecule has 0 spiro atoms. The standard InChI is InChI=1S/C25H50O5/c1-2-3-4-5-6-7-8-9-10-11-12-13-14-15-16-17-18-19-29-23-21-30-25(24(23)28)22(27)20-26/h22-28H,2-21H2,1H3/t22-,23+,24-,25-/m1/s1. The smallest absolute Gasteiger partial charge is 0.114 e. The molecule has 1 heterocycles. The summed E-state index contributed by atoms with van der Waals surface area (Å²) < 4.78 is 11.0. The fourth-order valence-electron chi connectivity index (χ4n) is 4.27. The van der Waals surface area contributed by atoms with Crippen molar-refractivity contribution >= 4 is 0 Å². The normalized spacial score (nSPS) is 22.6. The van der Waals surface area contributed by atoms with Crippen LogP contribution in [0.4, 0.5) is 0 Å². The molecule has 0 aromatic heterocycles. The fraction of sp³-hybridized carbons (Fsp3) is 1.00. The lowest BCUT2D eigenvalue weighted by atomic mass is 10.0. The van der Waals surface area contributed by atoms with E-state index in [1.165, 1.54) is 96.3 Å². The largest absolute Gasteiger partial charge is 0.394 e. The molecule has 0 radical (unpaired) electrons. The van der Waals surface area contributed by atoms with Crippen molar-refractivity contribution in [3.63, 3.8) is 0 Å². The Hall–Kier alpha value is -0.200. The summed E-state index contributed by atoms with van der Waals surface area (Å²) in [6.45, 7) is 2.76. The van der Waals surface area contributed by atoms with E-state index >= 15 is 0 Å². The molecule has 0 aromatic rings. The third kappa shape index (κ3) is 13.3. The van der Waals surface area contributed by atoms with Gasteiger partial charge in [0.15, 0.2) is 0 Å². The molecule has 1 saturated heterocycles. The molecule has 0 amide bonds. The van der Waals surface area contributed by atoms with E-state index in [2.05, 4.69) is 6.92 Å². The molecule has 1 fully saturated rings. The van der Waals surface area contributed by atoms with Gasteiger partial charge in [0.25, 0.3) is 0 Å². The van der Waals surface area contributed by atoms with Crippen LogP contribution in [0.3, 0.4) is 0 Å². The Bertz CT molecular complexity index is 365. The second-order valence-electron chi connectivity index (χ2n) is 9.10. The van der Waals surface area contributed by atoms with Crippen LogP contribution in [-0.4, -0.2) is 59.6 Å². The highest BCUT2D eigenvalue weighted by Crippen LogP contribution is 2.21. The van der Waals surface area contributed by atoms with Crippen molar-refractivity contribution in [3.05, 3.63) is 0 Å². The summed E-state index contributed by atoms with van der Waals surface area (Å²) in [5.41, 5.74) is 0. The zero-order valence-corrected chi connectivity index (χ0v) is 19.6. The first-order chi connectivity index (χ1) is 14.7. The van der Waals surface area contributed by atoms with Gasteiger partial charge in [0, 0.05) is 6.61 Å². The van der Waals surface area contributed by atoms with Gasteiger partial charge in [-0.1, -0.05) is 110 Å². The van der Waals surface area contributed by atoms with Crippen LogP contribution in [0.2, 0.25) is 0 Å². The van der Waals surface area contributed by atoms with E-state index in [0.29, 0.717) is 6.61 Å². The molecule has 0 bridgehead atoms. The predicted molar refractivity (Wildman–Crippen MR) is 123 cm³/mol. The minimum atomic E-state index is -1.05. The first-order valence-corrected chi connectivity index (χ1v) is 12.9. The predicted octanol–water partition coefficient (Wildman–Crippen LogP) is 5.14.